The number of carbonyl (C=O) groups is 1. The molecule has 0 amide bonds. The quantitative estimate of drug-likeness (QED) is 0.780. The van der Waals surface area contributed by atoms with Crippen molar-refractivity contribution in [1.29, 1.82) is 0 Å². The van der Waals surface area contributed by atoms with Gasteiger partial charge >= 0.3 is 5.97 Å². The molecular weight excluding hydrogens is 266 g/mol. The molecule has 1 aromatic carbocycles. The molecule has 1 saturated carbocycles. The Kier molecular flexibility index (Phi) is 5.01. The van der Waals surface area contributed by atoms with Gasteiger partial charge in [-0.05, 0) is 45.1 Å². The van der Waals surface area contributed by atoms with Crippen molar-refractivity contribution in [3.8, 4) is 0 Å². The van der Waals surface area contributed by atoms with Crippen molar-refractivity contribution in [2.45, 2.75) is 51.2 Å². The molecule has 116 valence electrons. The first-order valence-corrected chi connectivity index (χ1v) is 7.65. The van der Waals surface area contributed by atoms with Crippen LogP contribution < -0.4 is 5.32 Å². The Balaban J connectivity index is 1.85. The van der Waals surface area contributed by atoms with Gasteiger partial charge in [-0.1, -0.05) is 29.8 Å². The van der Waals surface area contributed by atoms with E-state index in [0.29, 0.717) is 32.2 Å². The molecule has 0 radical (unpaired) electrons. The van der Waals surface area contributed by atoms with Gasteiger partial charge in [0, 0.05) is 12.6 Å². The summed E-state index contributed by atoms with van der Waals surface area (Å²) in [6.07, 6.45) is 2.23. The first-order valence-electron chi connectivity index (χ1n) is 7.65. The van der Waals surface area contributed by atoms with E-state index < -0.39 is 11.6 Å². The van der Waals surface area contributed by atoms with Crippen LogP contribution in [0.4, 0.5) is 0 Å². The van der Waals surface area contributed by atoms with Gasteiger partial charge in [0.2, 0.25) is 0 Å². The summed E-state index contributed by atoms with van der Waals surface area (Å²) in [5.41, 5.74) is 1.66. The maximum atomic E-state index is 10.9. The van der Waals surface area contributed by atoms with Crippen molar-refractivity contribution in [2.24, 2.45) is 5.92 Å². The normalized spacial score (nSPS) is 27.3. The lowest BCUT2D eigenvalue weighted by Crippen LogP contribution is -2.45. The molecule has 1 aliphatic rings. The molecule has 1 aromatic rings. The smallest absolute Gasteiger partial charge is 0.306 e. The van der Waals surface area contributed by atoms with Crippen LogP contribution in [0.25, 0.3) is 0 Å². The maximum absolute atomic E-state index is 10.9. The monoisotopic (exact) mass is 291 g/mol. The number of hydrogen-bond acceptors (Lipinski definition) is 3. The molecular formula is C17H25NO3. The molecule has 1 atom stereocenters. The summed E-state index contributed by atoms with van der Waals surface area (Å²) in [6, 6.07) is 8.53. The van der Waals surface area contributed by atoms with E-state index in [1.54, 1.807) is 0 Å². The zero-order chi connectivity index (χ0) is 15.5. The predicted octanol–water partition coefficient (Wildman–Crippen LogP) is 2.65. The number of carboxylic acid groups (broad SMARTS) is 1. The van der Waals surface area contributed by atoms with Crippen molar-refractivity contribution < 1.29 is 15.0 Å². The third kappa shape index (κ3) is 4.29. The summed E-state index contributed by atoms with van der Waals surface area (Å²) in [6.45, 7) is 4.65. The van der Waals surface area contributed by atoms with Crippen LogP contribution in [-0.4, -0.2) is 28.3 Å². The average Bonchev–Trinajstić information content (AvgIpc) is 2.46. The lowest BCUT2D eigenvalue weighted by atomic mass is 9.78. The molecule has 0 unspecified atom stereocenters. The van der Waals surface area contributed by atoms with Gasteiger partial charge in [-0.3, -0.25) is 4.79 Å². The molecule has 1 fully saturated rings. The van der Waals surface area contributed by atoms with E-state index in [2.05, 4.69) is 43.4 Å². The highest BCUT2D eigenvalue weighted by atomic mass is 16.4. The van der Waals surface area contributed by atoms with Gasteiger partial charge in [0.1, 0.15) is 0 Å². The number of aliphatic hydroxyl groups is 1. The summed E-state index contributed by atoms with van der Waals surface area (Å²) in [4.78, 5) is 10.9. The van der Waals surface area contributed by atoms with E-state index in [1.807, 2.05) is 0 Å². The van der Waals surface area contributed by atoms with Crippen LogP contribution in [0.3, 0.4) is 0 Å². The molecule has 0 aromatic heterocycles. The van der Waals surface area contributed by atoms with Crippen LogP contribution in [0.5, 0.6) is 0 Å². The third-order valence-electron chi connectivity index (χ3n) is 4.58. The second kappa shape index (κ2) is 6.58. The number of hydrogen-bond donors (Lipinski definition) is 3. The van der Waals surface area contributed by atoms with Crippen LogP contribution in [0.1, 0.15) is 49.8 Å². The number of nitrogens with one attached hydrogen (secondary N) is 1. The topological polar surface area (TPSA) is 69.6 Å². The second-order valence-corrected chi connectivity index (χ2v) is 6.35. The highest BCUT2D eigenvalue weighted by Crippen LogP contribution is 2.32. The second-order valence-electron chi connectivity index (χ2n) is 6.35. The Morgan fingerprint density at radius 3 is 2.43 bits per heavy atom. The summed E-state index contributed by atoms with van der Waals surface area (Å²) >= 11 is 0. The lowest BCUT2D eigenvalue weighted by molar-refractivity contribution is -0.144. The molecule has 2 rings (SSSR count). The maximum Gasteiger partial charge on any atom is 0.306 e. The molecule has 1 aliphatic carbocycles. The Morgan fingerprint density at radius 2 is 1.90 bits per heavy atom. The molecule has 3 N–H and O–H groups in total. The van der Waals surface area contributed by atoms with E-state index in [9.17, 15) is 9.90 Å². The minimum atomic E-state index is -0.773. The van der Waals surface area contributed by atoms with Gasteiger partial charge in [0.25, 0.3) is 0 Å². The first-order chi connectivity index (χ1) is 9.89. The Bertz CT molecular complexity index is 475. The number of aliphatic carboxylic acids is 1. The molecule has 4 nitrogen and oxygen atoms in total. The third-order valence-corrected chi connectivity index (χ3v) is 4.58. The standard InChI is InChI=1S/C17H25NO3/c1-12-3-5-14(6-4-12)13(2)18-11-17(21)9-7-15(8-10-17)16(19)20/h3-6,13,15,18,21H,7-11H2,1-2H3,(H,19,20)/t13-,15?,17?/m1/s1. The van der Waals surface area contributed by atoms with Gasteiger partial charge in [-0.15, -0.1) is 0 Å². The van der Waals surface area contributed by atoms with Crippen LogP contribution in [0.2, 0.25) is 0 Å². The van der Waals surface area contributed by atoms with Crippen LogP contribution in [0, 0.1) is 12.8 Å². The van der Waals surface area contributed by atoms with Crippen molar-refractivity contribution >= 4 is 5.97 Å². The Morgan fingerprint density at radius 1 is 1.33 bits per heavy atom. The van der Waals surface area contributed by atoms with Gasteiger partial charge in [-0.2, -0.15) is 0 Å². The van der Waals surface area contributed by atoms with Gasteiger partial charge in [-0.25, -0.2) is 0 Å². The number of benzene rings is 1. The highest BCUT2D eigenvalue weighted by Gasteiger charge is 2.35. The number of carboxylic acids is 1. The predicted molar refractivity (Wildman–Crippen MR) is 82.1 cm³/mol. The minimum absolute atomic E-state index is 0.173. The van der Waals surface area contributed by atoms with Crippen molar-refractivity contribution in [3.05, 3.63) is 35.4 Å². The summed E-state index contributed by atoms with van der Waals surface area (Å²) in [5.74, 6) is -1.03. The fraction of sp³-hybridized carbons (Fsp3) is 0.588. The SMILES string of the molecule is Cc1ccc([C@@H](C)NCC2(O)CCC(C(=O)O)CC2)cc1. The molecule has 21 heavy (non-hydrogen) atoms. The zero-order valence-corrected chi connectivity index (χ0v) is 12.8. The van der Waals surface area contributed by atoms with Crippen molar-refractivity contribution in [3.63, 3.8) is 0 Å². The fourth-order valence-corrected chi connectivity index (χ4v) is 2.89. The summed E-state index contributed by atoms with van der Waals surface area (Å²) < 4.78 is 0. The summed E-state index contributed by atoms with van der Waals surface area (Å²) in [5, 5.41) is 22.9. The van der Waals surface area contributed by atoms with E-state index in [1.165, 1.54) is 11.1 Å². The number of aryl methyl sites for hydroxylation is 1. The van der Waals surface area contributed by atoms with E-state index in [4.69, 9.17) is 5.11 Å². The fourth-order valence-electron chi connectivity index (χ4n) is 2.89. The summed E-state index contributed by atoms with van der Waals surface area (Å²) in [7, 11) is 0. The Hall–Kier alpha value is -1.39. The molecule has 0 spiro atoms. The van der Waals surface area contributed by atoms with Crippen molar-refractivity contribution in [2.75, 3.05) is 6.54 Å². The minimum Gasteiger partial charge on any atom is -0.481 e. The van der Waals surface area contributed by atoms with Gasteiger partial charge < -0.3 is 15.5 Å². The zero-order valence-electron chi connectivity index (χ0n) is 12.8. The molecule has 0 bridgehead atoms. The van der Waals surface area contributed by atoms with E-state index >= 15 is 0 Å². The number of rotatable bonds is 5. The van der Waals surface area contributed by atoms with Crippen LogP contribution >= 0.6 is 0 Å². The Labute approximate surface area is 126 Å². The highest BCUT2D eigenvalue weighted by molar-refractivity contribution is 5.70. The first kappa shape index (κ1) is 16.0. The van der Waals surface area contributed by atoms with Crippen LogP contribution in [0.15, 0.2) is 24.3 Å². The molecule has 0 heterocycles. The molecule has 0 aliphatic heterocycles. The molecule has 4 heteroatoms. The average molecular weight is 291 g/mol. The largest absolute Gasteiger partial charge is 0.481 e. The van der Waals surface area contributed by atoms with Gasteiger partial charge in [0.15, 0.2) is 0 Å². The van der Waals surface area contributed by atoms with Crippen molar-refractivity contribution in [1.82, 2.24) is 5.32 Å². The van der Waals surface area contributed by atoms with E-state index in [-0.39, 0.29) is 12.0 Å². The molecule has 0 saturated heterocycles. The van der Waals surface area contributed by atoms with Gasteiger partial charge in [0.05, 0.1) is 11.5 Å². The van der Waals surface area contributed by atoms with Crippen LogP contribution in [-0.2, 0) is 4.79 Å². The lowest BCUT2D eigenvalue weighted by Gasteiger charge is -2.35. The van der Waals surface area contributed by atoms with E-state index in [0.717, 1.165) is 0 Å².